The van der Waals surface area contributed by atoms with Crippen LogP contribution in [0.2, 0.25) is 5.02 Å². The number of hydrogen-bond donors (Lipinski definition) is 1. The van der Waals surface area contributed by atoms with E-state index >= 15 is 0 Å². The summed E-state index contributed by atoms with van der Waals surface area (Å²) in [7, 11) is 0. The quantitative estimate of drug-likeness (QED) is 0.685. The largest absolute Gasteiger partial charge is 0.483 e. The van der Waals surface area contributed by atoms with E-state index in [1.165, 1.54) is 0 Å². The standard InChI is InChI=1S/C12H14ClFN2O3/c13-9-5-11(16(17)18)12(6-10(9)14)19-8-3-1-2-7(15)4-8/h5-8H,1-4,15H2. The lowest BCUT2D eigenvalue weighted by atomic mass is 9.93. The van der Waals surface area contributed by atoms with Crippen molar-refractivity contribution in [2.75, 3.05) is 0 Å². The second-order valence-electron chi connectivity index (χ2n) is 4.66. The van der Waals surface area contributed by atoms with Gasteiger partial charge in [0, 0.05) is 18.2 Å². The summed E-state index contributed by atoms with van der Waals surface area (Å²) in [6.07, 6.45) is 2.96. The second-order valence-corrected chi connectivity index (χ2v) is 5.06. The zero-order valence-electron chi connectivity index (χ0n) is 10.1. The molecule has 2 unspecified atom stereocenters. The highest BCUT2D eigenvalue weighted by Gasteiger charge is 2.25. The molecule has 0 radical (unpaired) electrons. The van der Waals surface area contributed by atoms with Gasteiger partial charge in [-0.05, 0) is 25.7 Å². The molecule has 0 spiro atoms. The summed E-state index contributed by atoms with van der Waals surface area (Å²) in [5.74, 6) is -0.826. The van der Waals surface area contributed by atoms with Crippen molar-refractivity contribution in [1.29, 1.82) is 0 Å². The molecule has 0 amide bonds. The zero-order valence-corrected chi connectivity index (χ0v) is 10.9. The average molecular weight is 289 g/mol. The van der Waals surface area contributed by atoms with Crippen molar-refractivity contribution >= 4 is 17.3 Å². The van der Waals surface area contributed by atoms with Crippen LogP contribution < -0.4 is 10.5 Å². The first-order valence-corrected chi connectivity index (χ1v) is 6.41. The molecule has 0 bridgehead atoms. The Balaban J connectivity index is 2.23. The Kier molecular flexibility index (Phi) is 4.21. The van der Waals surface area contributed by atoms with Crippen LogP contribution in [-0.2, 0) is 0 Å². The number of hydrogen-bond acceptors (Lipinski definition) is 4. The van der Waals surface area contributed by atoms with Crippen LogP contribution in [0.1, 0.15) is 25.7 Å². The van der Waals surface area contributed by atoms with E-state index in [-0.39, 0.29) is 28.6 Å². The minimum atomic E-state index is -0.734. The average Bonchev–Trinajstić information content (AvgIpc) is 2.33. The number of rotatable bonds is 3. The van der Waals surface area contributed by atoms with Gasteiger partial charge in [-0.3, -0.25) is 10.1 Å². The van der Waals surface area contributed by atoms with Gasteiger partial charge in [-0.2, -0.15) is 0 Å². The molecular formula is C12H14ClFN2O3. The lowest BCUT2D eigenvalue weighted by molar-refractivity contribution is -0.386. The van der Waals surface area contributed by atoms with E-state index in [2.05, 4.69) is 0 Å². The maximum absolute atomic E-state index is 13.4. The lowest BCUT2D eigenvalue weighted by Gasteiger charge is -2.27. The predicted molar refractivity (Wildman–Crippen MR) is 68.9 cm³/mol. The van der Waals surface area contributed by atoms with Crippen LogP contribution in [-0.4, -0.2) is 17.1 Å². The molecule has 104 valence electrons. The summed E-state index contributed by atoms with van der Waals surface area (Å²) < 4.78 is 18.9. The summed E-state index contributed by atoms with van der Waals surface area (Å²) in [5.41, 5.74) is 5.49. The molecule has 0 aliphatic heterocycles. The van der Waals surface area contributed by atoms with Gasteiger partial charge in [-0.15, -0.1) is 0 Å². The van der Waals surface area contributed by atoms with Crippen molar-refractivity contribution in [2.24, 2.45) is 5.73 Å². The predicted octanol–water partition coefficient (Wildman–Crippen LogP) is 3.04. The smallest absolute Gasteiger partial charge is 0.312 e. The Bertz CT molecular complexity index is 498. The van der Waals surface area contributed by atoms with Crippen molar-refractivity contribution in [3.05, 3.63) is 33.1 Å². The van der Waals surface area contributed by atoms with Crippen LogP contribution in [0.4, 0.5) is 10.1 Å². The van der Waals surface area contributed by atoms with Crippen molar-refractivity contribution in [3.63, 3.8) is 0 Å². The van der Waals surface area contributed by atoms with E-state index in [9.17, 15) is 14.5 Å². The SMILES string of the molecule is NC1CCCC(Oc2cc(F)c(Cl)cc2[N+](=O)[O-])C1. The monoisotopic (exact) mass is 288 g/mol. The summed E-state index contributed by atoms with van der Waals surface area (Å²) in [5, 5.41) is 10.6. The van der Waals surface area contributed by atoms with Gasteiger partial charge in [-0.25, -0.2) is 4.39 Å². The van der Waals surface area contributed by atoms with Gasteiger partial charge in [0.2, 0.25) is 0 Å². The molecule has 0 aromatic heterocycles. The number of nitro benzene ring substituents is 1. The fourth-order valence-corrected chi connectivity index (χ4v) is 2.38. The number of ether oxygens (including phenoxy) is 1. The minimum Gasteiger partial charge on any atom is -0.483 e. The number of nitro groups is 1. The third-order valence-electron chi connectivity index (χ3n) is 3.16. The van der Waals surface area contributed by atoms with Gasteiger partial charge in [0.05, 0.1) is 9.95 Å². The zero-order chi connectivity index (χ0) is 14.0. The molecule has 1 aliphatic rings. The molecule has 7 heteroatoms. The number of benzene rings is 1. The van der Waals surface area contributed by atoms with Gasteiger partial charge in [0.15, 0.2) is 5.75 Å². The van der Waals surface area contributed by atoms with Crippen LogP contribution in [0.15, 0.2) is 12.1 Å². The number of nitrogens with two attached hydrogens (primary N) is 1. The van der Waals surface area contributed by atoms with Gasteiger partial charge in [-0.1, -0.05) is 11.6 Å². The first-order valence-electron chi connectivity index (χ1n) is 6.03. The van der Waals surface area contributed by atoms with E-state index in [1.807, 2.05) is 0 Å². The molecule has 2 atom stereocenters. The van der Waals surface area contributed by atoms with Gasteiger partial charge < -0.3 is 10.5 Å². The molecule has 1 aliphatic carbocycles. The highest BCUT2D eigenvalue weighted by Crippen LogP contribution is 2.34. The normalized spacial score (nSPS) is 23.1. The molecule has 2 N–H and O–H groups in total. The van der Waals surface area contributed by atoms with Gasteiger partial charge in [0.25, 0.3) is 0 Å². The van der Waals surface area contributed by atoms with Crippen LogP contribution in [0.25, 0.3) is 0 Å². The Labute approximate surface area is 114 Å². The van der Waals surface area contributed by atoms with E-state index in [0.717, 1.165) is 31.4 Å². The van der Waals surface area contributed by atoms with Crippen LogP contribution in [0.3, 0.4) is 0 Å². The Morgan fingerprint density at radius 2 is 2.21 bits per heavy atom. The van der Waals surface area contributed by atoms with Crippen molar-refractivity contribution in [2.45, 2.75) is 37.8 Å². The molecule has 1 saturated carbocycles. The molecule has 0 saturated heterocycles. The Hall–Kier alpha value is -1.40. The Morgan fingerprint density at radius 3 is 2.84 bits per heavy atom. The topological polar surface area (TPSA) is 78.4 Å². The van der Waals surface area contributed by atoms with E-state index in [4.69, 9.17) is 22.1 Å². The molecular weight excluding hydrogens is 275 g/mol. The Morgan fingerprint density at radius 1 is 1.47 bits per heavy atom. The molecule has 19 heavy (non-hydrogen) atoms. The lowest BCUT2D eigenvalue weighted by Crippen LogP contribution is -2.33. The third kappa shape index (κ3) is 3.33. The maximum atomic E-state index is 13.4. The van der Waals surface area contributed by atoms with Crippen LogP contribution >= 0.6 is 11.6 Å². The van der Waals surface area contributed by atoms with E-state index < -0.39 is 10.7 Å². The maximum Gasteiger partial charge on any atom is 0.312 e. The molecule has 5 nitrogen and oxygen atoms in total. The highest BCUT2D eigenvalue weighted by atomic mass is 35.5. The minimum absolute atomic E-state index is 0.0231. The third-order valence-corrected chi connectivity index (χ3v) is 3.45. The number of halogens is 2. The fraction of sp³-hybridized carbons (Fsp3) is 0.500. The first kappa shape index (κ1) is 14.0. The van der Waals surface area contributed by atoms with Gasteiger partial charge in [0.1, 0.15) is 11.9 Å². The summed E-state index contributed by atoms with van der Waals surface area (Å²) >= 11 is 5.54. The van der Waals surface area contributed by atoms with Gasteiger partial charge >= 0.3 is 5.69 Å². The summed E-state index contributed by atoms with van der Waals surface area (Å²) in [4.78, 5) is 10.3. The first-order chi connectivity index (χ1) is 8.97. The molecule has 0 heterocycles. The molecule has 1 aromatic rings. The fourth-order valence-electron chi connectivity index (χ4n) is 2.22. The number of nitrogens with zero attached hydrogens (tertiary/aromatic N) is 1. The molecule has 1 aromatic carbocycles. The van der Waals surface area contributed by atoms with Crippen molar-refractivity contribution in [1.82, 2.24) is 0 Å². The highest BCUT2D eigenvalue weighted by molar-refractivity contribution is 6.31. The van der Waals surface area contributed by atoms with Crippen LogP contribution in [0, 0.1) is 15.9 Å². The van der Waals surface area contributed by atoms with Crippen molar-refractivity contribution in [3.8, 4) is 5.75 Å². The van der Waals surface area contributed by atoms with E-state index in [1.54, 1.807) is 0 Å². The summed E-state index contributed by atoms with van der Waals surface area (Å²) in [6, 6.07) is 1.95. The summed E-state index contributed by atoms with van der Waals surface area (Å²) in [6.45, 7) is 0. The van der Waals surface area contributed by atoms with Crippen LogP contribution in [0.5, 0.6) is 5.75 Å². The molecule has 1 fully saturated rings. The second kappa shape index (κ2) is 5.71. The molecule has 2 rings (SSSR count). The van der Waals surface area contributed by atoms with Crippen molar-refractivity contribution < 1.29 is 14.1 Å². The van der Waals surface area contributed by atoms with E-state index in [0.29, 0.717) is 6.42 Å².